The van der Waals surface area contributed by atoms with Crippen molar-refractivity contribution in [2.45, 2.75) is 6.61 Å². The van der Waals surface area contributed by atoms with Gasteiger partial charge in [0.25, 0.3) is 5.56 Å². The van der Waals surface area contributed by atoms with Crippen LogP contribution in [0.2, 0.25) is 0 Å². The summed E-state index contributed by atoms with van der Waals surface area (Å²) in [6.45, 7) is -0.314. The first kappa shape index (κ1) is 11.6. The lowest BCUT2D eigenvalue weighted by Crippen LogP contribution is -2.23. The quantitative estimate of drug-likeness (QED) is 0.729. The van der Waals surface area contributed by atoms with Crippen LogP contribution in [-0.4, -0.2) is 24.4 Å². The summed E-state index contributed by atoms with van der Waals surface area (Å²) in [5.41, 5.74) is 0.921. The summed E-state index contributed by atoms with van der Waals surface area (Å²) >= 11 is 0. The van der Waals surface area contributed by atoms with E-state index >= 15 is 0 Å². The molecule has 2 heterocycles. The maximum atomic E-state index is 12.5. The first-order valence-electron chi connectivity index (χ1n) is 5.82. The predicted molar refractivity (Wildman–Crippen MR) is 70.0 cm³/mol. The van der Waals surface area contributed by atoms with E-state index in [1.165, 1.54) is 15.4 Å². The Morgan fingerprint density at radius 3 is 2.68 bits per heavy atom. The van der Waals surface area contributed by atoms with Gasteiger partial charge in [0.05, 0.1) is 11.9 Å². The summed E-state index contributed by atoms with van der Waals surface area (Å²) < 4.78 is 2.93. The lowest BCUT2D eigenvalue weighted by molar-refractivity contribution is 0.267. The lowest BCUT2D eigenvalue weighted by Gasteiger charge is -2.10. The molecule has 6 heteroatoms. The van der Waals surface area contributed by atoms with Gasteiger partial charge in [-0.1, -0.05) is 18.2 Å². The number of fused-ring (bicyclic) bond motifs is 1. The van der Waals surface area contributed by atoms with E-state index in [1.807, 2.05) is 18.2 Å². The highest BCUT2D eigenvalue weighted by Gasteiger charge is 2.14. The molecule has 3 rings (SSSR count). The summed E-state index contributed by atoms with van der Waals surface area (Å²) in [7, 11) is 1.71. The maximum Gasteiger partial charge on any atom is 0.269 e. The van der Waals surface area contributed by atoms with Gasteiger partial charge in [-0.2, -0.15) is 5.10 Å². The third kappa shape index (κ3) is 1.73. The molecule has 0 aliphatic heterocycles. The SMILES string of the molecule is Cn1ncc2c(=O)n(-c3ccccc3)c(CO)nc21. The molecule has 6 nitrogen and oxygen atoms in total. The molecule has 19 heavy (non-hydrogen) atoms. The predicted octanol–water partition coefficient (Wildman–Crippen LogP) is 0.611. The van der Waals surface area contributed by atoms with Crippen LogP contribution in [0.3, 0.4) is 0 Å². The fourth-order valence-electron chi connectivity index (χ4n) is 2.07. The van der Waals surface area contributed by atoms with Crippen LogP contribution in [0.4, 0.5) is 0 Å². The molecule has 0 bridgehead atoms. The van der Waals surface area contributed by atoms with Crippen LogP contribution in [0.1, 0.15) is 5.82 Å². The number of hydrogen-bond acceptors (Lipinski definition) is 4. The third-order valence-corrected chi connectivity index (χ3v) is 2.99. The molecule has 0 saturated carbocycles. The molecule has 0 unspecified atom stereocenters. The van der Waals surface area contributed by atoms with Crippen molar-refractivity contribution in [3.8, 4) is 5.69 Å². The summed E-state index contributed by atoms with van der Waals surface area (Å²) in [6.07, 6.45) is 1.49. The Labute approximate surface area is 108 Å². The zero-order chi connectivity index (χ0) is 13.4. The average Bonchev–Trinajstić information content (AvgIpc) is 2.81. The second-order valence-electron chi connectivity index (χ2n) is 4.17. The van der Waals surface area contributed by atoms with Crippen LogP contribution in [0.25, 0.3) is 16.7 Å². The van der Waals surface area contributed by atoms with E-state index in [0.29, 0.717) is 22.5 Å². The summed E-state index contributed by atoms with van der Waals surface area (Å²) in [5.74, 6) is 0.298. The molecule has 0 aliphatic carbocycles. The topological polar surface area (TPSA) is 72.9 Å². The minimum Gasteiger partial charge on any atom is -0.388 e. The van der Waals surface area contributed by atoms with Crippen molar-refractivity contribution in [3.05, 3.63) is 52.7 Å². The lowest BCUT2D eigenvalue weighted by atomic mass is 10.3. The van der Waals surface area contributed by atoms with Gasteiger partial charge in [0.15, 0.2) is 5.65 Å². The van der Waals surface area contributed by atoms with Crippen LogP contribution in [0, 0.1) is 0 Å². The van der Waals surface area contributed by atoms with E-state index in [4.69, 9.17) is 0 Å². The minimum atomic E-state index is -0.314. The van der Waals surface area contributed by atoms with Crippen molar-refractivity contribution >= 4 is 11.0 Å². The van der Waals surface area contributed by atoms with E-state index in [9.17, 15) is 9.90 Å². The number of aliphatic hydroxyl groups is 1. The van der Waals surface area contributed by atoms with Crippen molar-refractivity contribution in [3.63, 3.8) is 0 Å². The van der Waals surface area contributed by atoms with Gasteiger partial charge in [0, 0.05) is 7.05 Å². The number of benzene rings is 1. The van der Waals surface area contributed by atoms with Gasteiger partial charge in [-0.25, -0.2) is 4.98 Å². The zero-order valence-corrected chi connectivity index (χ0v) is 10.3. The highest BCUT2D eigenvalue weighted by Crippen LogP contribution is 2.12. The number of aromatic nitrogens is 4. The molecule has 0 amide bonds. The highest BCUT2D eigenvalue weighted by molar-refractivity contribution is 5.73. The number of rotatable bonds is 2. The molecule has 0 aliphatic rings. The second-order valence-corrected chi connectivity index (χ2v) is 4.17. The summed E-state index contributed by atoms with van der Waals surface area (Å²) in [5, 5.41) is 13.9. The van der Waals surface area contributed by atoms with Crippen LogP contribution in [0.15, 0.2) is 41.3 Å². The minimum absolute atomic E-state index is 0.228. The number of para-hydroxylation sites is 1. The smallest absolute Gasteiger partial charge is 0.269 e. The number of hydrogen-bond donors (Lipinski definition) is 1. The molecule has 0 fully saturated rings. The largest absolute Gasteiger partial charge is 0.388 e. The fraction of sp³-hybridized carbons (Fsp3) is 0.154. The Kier molecular flexibility index (Phi) is 2.64. The van der Waals surface area contributed by atoms with E-state index < -0.39 is 0 Å². The van der Waals surface area contributed by atoms with Crippen LogP contribution >= 0.6 is 0 Å². The first-order valence-corrected chi connectivity index (χ1v) is 5.82. The van der Waals surface area contributed by atoms with E-state index in [-0.39, 0.29) is 12.2 Å². The molecule has 96 valence electrons. The Morgan fingerprint density at radius 1 is 1.26 bits per heavy atom. The van der Waals surface area contributed by atoms with Crippen molar-refractivity contribution in [2.24, 2.45) is 7.05 Å². The molecule has 1 N–H and O–H groups in total. The second kappa shape index (κ2) is 4.33. The van der Waals surface area contributed by atoms with Crippen molar-refractivity contribution in [1.82, 2.24) is 19.3 Å². The molecule has 0 radical (unpaired) electrons. The molecular formula is C13H12N4O2. The Morgan fingerprint density at radius 2 is 2.00 bits per heavy atom. The van der Waals surface area contributed by atoms with Crippen LogP contribution < -0.4 is 5.56 Å². The monoisotopic (exact) mass is 256 g/mol. The van der Waals surface area contributed by atoms with E-state index in [1.54, 1.807) is 19.2 Å². The average molecular weight is 256 g/mol. The van der Waals surface area contributed by atoms with Gasteiger partial charge in [0.2, 0.25) is 0 Å². The van der Waals surface area contributed by atoms with Gasteiger partial charge in [-0.05, 0) is 12.1 Å². The Balaban J connectivity index is 2.41. The third-order valence-electron chi connectivity index (χ3n) is 2.99. The van der Waals surface area contributed by atoms with E-state index in [2.05, 4.69) is 10.1 Å². The molecule has 0 saturated heterocycles. The first-order chi connectivity index (χ1) is 9.22. The van der Waals surface area contributed by atoms with Gasteiger partial charge >= 0.3 is 0 Å². The van der Waals surface area contributed by atoms with Crippen molar-refractivity contribution in [2.75, 3.05) is 0 Å². The van der Waals surface area contributed by atoms with E-state index in [0.717, 1.165) is 0 Å². The van der Waals surface area contributed by atoms with Crippen LogP contribution in [0.5, 0.6) is 0 Å². The highest BCUT2D eigenvalue weighted by atomic mass is 16.3. The number of nitrogens with zero attached hydrogens (tertiary/aromatic N) is 4. The van der Waals surface area contributed by atoms with Gasteiger partial charge in [-0.3, -0.25) is 14.0 Å². The normalized spacial score (nSPS) is 11.1. The van der Waals surface area contributed by atoms with Gasteiger partial charge < -0.3 is 5.11 Å². The van der Waals surface area contributed by atoms with Gasteiger partial charge in [-0.15, -0.1) is 0 Å². The number of aryl methyl sites for hydroxylation is 1. The molecule has 2 aromatic heterocycles. The van der Waals surface area contributed by atoms with Crippen LogP contribution in [-0.2, 0) is 13.7 Å². The fourth-order valence-corrected chi connectivity index (χ4v) is 2.07. The molecule has 0 atom stereocenters. The summed E-state index contributed by atoms with van der Waals surface area (Å²) in [6, 6.07) is 9.12. The Bertz CT molecular complexity index is 790. The zero-order valence-electron chi connectivity index (χ0n) is 10.3. The molecule has 1 aromatic carbocycles. The van der Waals surface area contributed by atoms with Gasteiger partial charge in [0.1, 0.15) is 17.8 Å². The van der Waals surface area contributed by atoms with Crippen molar-refractivity contribution < 1.29 is 5.11 Å². The maximum absolute atomic E-state index is 12.5. The molecule has 3 aromatic rings. The summed E-state index contributed by atoms with van der Waals surface area (Å²) in [4.78, 5) is 16.8. The van der Waals surface area contributed by atoms with Crippen molar-refractivity contribution in [1.29, 1.82) is 0 Å². The molecular weight excluding hydrogens is 244 g/mol. The molecule has 0 spiro atoms. The standard InChI is InChI=1S/C13H12N4O2/c1-16-12-10(7-14-16)13(19)17(11(8-18)15-12)9-5-3-2-4-6-9/h2-7,18H,8H2,1H3. The Hall–Kier alpha value is -2.47. The number of aliphatic hydroxyl groups excluding tert-OH is 1.